The number of aryl methyl sites for hydroxylation is 1. The maximum atomic E-state index is 14.1. The van der Waals surface area contributed by atoms with Gasteiger partial charge in [-0.25, -0.2) is 14.2 Å². The third kappa shape index (κ3) is 2.80. The van der Waals surface area contributed by atoms with Crippen molar-refractivity contribution in [1.29, 1.82) is 0 Å². The number of hydrogen-bond donors (Lipinski definition) is 1. The molecule has 0 aliphatic rings. The fourth-order valence-corrected chi connectivity index (χ4v) is 3.51. The molecule has 118 valence electrons. The number of nitrogens with zero attached hydrogens (tertiary/aromatic N) is 1. The van der Waals surface area contributed by atoms with Gasteiger partial charge < -0.3 is 9.72 Å². The van der Waals surface area contributed by atoms with Gasteiger partial charge in [-0.1, -0.05) is 23.4 Å². The quantitative estimate of drug-likeness (QED) is 0.701. The van der Waals surface area contributed by atoms with E-state index >= 15 is 0 Å². The molecule has 3 rings (SSSR count). The van der Waals surface area contributed by atoms with Crippen LogP contribution in [0.4, 0.5) is 4.39 Å². The SMILES string of the molecule is COC(=O)c1ncccc1Sc1c(C)[nH]c2c(F)c(Cl)ccc12. The van der Waals surface area contributed by atoms with Gasteiger partial charge in [-0.15, -0.1) is 0 Å². The van der Waals surface area contributed by atoms with Crippen LogP contribution in [0.25, 0.3) is 10.9 Å². The van der Waals surface area contributed by atoms with Crippen molar-refractivity contribution < 1.29 is 13.9 Å². The lowest BCUT2D eigenvalue weighted by Crippen LogP contribution is -2.05. The van der Waals surface area contributed by atoms with Crippen LogP contribution in [-0.4, -0.2) is 23.0 Å². The monoisotopic (exact) mass is 350 g/mol. The van der Waals surface area contributed by atoms with Crippen LogP contribution < -0.4 is 0 Å². The lowest BCUT2D eigenvalue weighted by Gasteiger charge is -2.06. The molecule has 0 unspecified atom stereocenters. The number of nitrogens with one attached hydrogen (secondary N) is 1. The number of methoxy groups -OCH3 is 1. The first kappa shape index (κ1) is 15.8. The number of esters is 1. The molecule has 0 amide bonds. The number of halogens is 2. The normalized spacial score (nSPS) is 11.0. The molecule has 0 radical (unpaired) electrons. The van der Waals surface area contributed by atoms with Crippen molar-refractivity contribution in [1.82, 2.24) is 9.97 Å². The summed E-state index contributed by atoms with van der Waals surface area (Å²) in [5.41, 5.74) is 1.36. The van der Waals surface area contributed by atoms with Gasteiger partial charge in [0.2, 0.25) is 0 Å². The topological polar surface area (TPSA) is 55.0 Å². The molecule has 0 aliphatic carbocycles. The molecule has 23 heavy (non-hydrogen) atoms. The highest BCUT2D eigenvalue weighted by molar-refractivity contribution is 7.99. The smallest absolute Gasteiger partial charge is 0.357 e. The molecule has 0 aliphatic heterocycles. The summed E-state index contributed by atoms with van der Waals surface area (Å²) >= 11 is 7.15. The second-order valence-electron chi connectivity index (χ2n) is 4.81. The van der Waals surface area contributed by atoms with Crippen molar-refractivity contribution in [3.05, 3.63) is 52.7 Å². The zero-order chi connectivity index (χ0) is 16.6. The number of hydrogen-bond acceptors (Lipinski definition) is 4. The number of fused-ring (bicyclic) bond motifs is 1. The van der Waals surface area contributed by atoms with Gasteiger partial charge in [0, 0.05) is 27.1 Å². The second-order valence-corrected chi connectivity index (χ2v) is 6.27. The summed E-state index contributed by atoms with van der Waals surface area (Å²) in [6.45, 7) is 1.84. The van der Waals surface area contributed by atoms with E-state index in [-0.39, 0.29) is 10.7 Å². The average molecular weight is 351 g/mol. The first-order chi connectivity index (χ1) is 11.0. The Hall–Kier alpha value is -2.05. The highest BCUT2D eigenvalue weighted by atomic mass is 35.5. The van der Waals surface area contributed by atoms with Crippen LogP contribution in [0.15, 0.2) is 40.3 Å². The Balaban J connectivity index is 2.12. The third-order valence-electron chi connectivity index (χ3n) is 3.35. The Morgan fingerprint density at radius 3 is 2.91 bits per heavy atom. The molecule has 1 aromatic carbocycles. The molecular formula is C16H12ClFN2O2S. The van der Waals surface area contributed by atoms with Crippen molar-refractivity contribution in [3.8, 4) is 0 Å². The fraction of sp³-hybridized carbons (Fsp3) is 0.125. The summed E-state index contributed by atoms with van der Waals surface area (Å²) in [5.74, 6) is -1.00. The predicted molar refractivity (Wildman–Crippen MR) is 87.7 cm³/mol. The van der Waals surface area contributed by atoms with Gasteiger partial charge in [0.15, 0.2) is 11.5 Å². The minimum atomic E-state index is -0.514. The fourth-order valence-electron chi connectivity index (χ4n) is 2.27. The Kier molecular flexibility index (Phi) is 4.28. The van der Waals surface area contributed by atoms with Gasteiger partial charge in [0.05, 0.1) is 17.6 Å². The van der Waals surface area contributed by atoms with Crippen LogP contribution in [0.3, 0.4) is 0 Å². The molecule has 4 nitrogen and oxygen atoms in total. The van der Waals surface area contributed by atoms with Crippen LogP contribution in [0.1, 0.15) is 16.2 Å². The number of aromatic nitrogens is 2. The molecule has 0 spiro atoms. The molecule has 0 saturated carbocycles. The van der Waals surface area contributed by atoms with E-state index in [9.17, 15) is 9.18 Å². The van der Waals surface area contributed by atoms with Crippen molar-refractivity contribution in [2.45, 2.75) is 16.7 Å². The van der Waals surface area contributed by atoms with E-state index < -0.39 is 11.8 Å². The molecule has 1 N–H and O–H groups in total. The first-order valence-corrected chi connectivity index (χ1v) is 7.90. The molecule has 3 aromatic rings. The van der Waals surface area contributed by atoms with Crippen LogP contribution in [-0.2, 0) is 4.74 Å². The molecule has 0 atom stereocenters. The standard InChI is InChI=1S/C16H12ClFN2O2S/c1-8-15(9-5-6-10(17)12(18)13(9)20-8)23-11-4-3-7-19-14(11)16(21)22-2/h3-7,20H,1-2H3. The summed E-state index contributed by atoms with van der Waals surface area (Å²) in [4.78, 5) is 20.4. The summed E-state index contributed by atoms with van der Waals surface area (Å²) in [6, 6.07) is 6.77. The van der Waals surface area contributed by atoms with Crippen LogP contribution >= 0.6 is 23.4 Å². The van der Waals surface area contributed by atoms with Crippen LogP contribution in [0.5, 0.6) is 0 Å². The second kappa shape index (κ2) is 6.22. The summed E-state index contributed by atoms with van der Waals surface area (Å²) in [7, 11) is 1.31. The van der Waals surface area contributed by atoms with E-state index in [0.717, 1.165) is 10.6 Å². The van der Waals surface area contributed by atoms with E-state index in [2.05, 4.69) is 9.97 Å². The number of benzene rings is 1. The number of carbonyl (C=O) groups excluding carboxylic acids is 1. The zero-order valence-electron chi connectivity index (χ0n) is 12.3. The molecule has 0 fully saturated rings. The van der Waals surface area contributed by atoms with Crippen LogP contribution in [0, 0.1) is 12.7 Å². The molecule has 7 heteroatoms. The van der Waals surface area contributed by atoms with E-state index in [1.807, 2.05) is 6.92 Å². The highest BCUT2D eigenvalue weighted by Gasteiger charge is 2.19. The van der Waals surface area contributed by atoms with Gasteiger partial charge in [-0.05, 0) is 31.2 Å². The first-order valence-electron chi connectivity index (χ1n) is 6.70. The van der Waals surface area contributed by atoms with Crippen LogP contribution in [0.2, 0.25) is 5.02 Å². The molecule has 2 aromatic heterocycles. The minimum Gasteiger partial charge on any atom is -0.464 e. The van der Waals surface area contributed by atoms with Crippen molar-refractivity contribution in [2.24, 2.45) is 0 Å². The van der Waals surface area contributed by atoms with Gasteiger partial charge in [-0.3, -0.25) is 0 Å². The van der Waals surface area contributed by atoms with Gasteiger partial charge in [-0.2, -0.15) is 0 Å². The van der Waals surface area contributed by atoms with E-state index in [0.29, 0.717) is 15.8 Å². The Morgan fingerprint density at radius 2 is 2.17 bits per heavy atom. The lowest BCUT2D eigenvalue weighted by atomic mass is 10.2. The summed E-state index contributed by atoms with van der Waals surface area (Å²) in [6.07, 6.45) is 1.53. The largest absolute Gasteiger partial charge is 0.464 e. The van der Waals surface area contributed by atoms with Gasteiger partial charge in [0.25, 0.3) is 0 Å². The number of rotatable bonds is 3. The zero-order valence-corrected chi connectivity index (χ0v) is 13.9. The van der Waals surface area contributed by atoms with Crippen molar-refractivity contribution in [3.63, 3.8) is 0 Å². The number of aromatic amines is 1. The number of carbonyl (C=O) groups is 1. The number of ether oxygens (including phenoxy) is 1. The van der Waals surface area contributed by atoms with E-state index in [1.54, 1.807) is 18.2 Å². The highest BCUT2D eigenvalue weighted by Crippen LogP contribution is 2.39. The summed E-state index contributed by atoms with van der Waals surface area (Å²) < 4.78 is 18.9. The number of pyridine rings is 1. The Labute approximate surface area is 141 Å². The van der Waals surface area contributed by atoms with Gasteiger partial charge >= 0.3 is 5.97 Å². The molecule has 0 saturated heterocycles. The summed E-state index contributed by atoms with van der Waals surface area (Å²) in [5, 5.41) is 0.765. The Morgan fingerprint density at radius 1 is 1.39 bits per heavy atom. The number of H-pyrrole nitrogens is 1. The Bertz CT molecular complexity index is 910. The third-order valence-corrected chi connectivity index (χ3v) is 4.93. The molecule has 2 heterocycles. The van der Waals surface area contributed by atoms with E-state index in [1.165, 1.54) is 31.1 Å². The van der Waals surface area contributed by atoms with Crippen molar-refractivity contribution in [2.75, 3.05) is 7.11 Å². The predicted octanol–water partition coefficient (Wildman–Crippen LogP) is 4.60. The van der Waals surface area contributed by atoms with Crippen molar-refractivity contribution >= 4 is 40.2 Å². The molecule has 0 bridgehead atoms. The average Bonchev–Trinajstić information content (AvgIpc) is 2.88. The van der Waals surface area contributed by atoms with E-state index in [4.69, 9.17) is 16.3 Å². The van der Waals surface area contributed by atoms with Gasteiger partial charge in [0.1, 0.15) is 0 Å². The maximum absolute atomic E-state index is 14.1. The molecular weight excluding hydrogens is 339 g/mol. The lowest BCUT2D eigenvalue weighted by molar-refractivity contribution is 0.0589. The maximum Gasteiger partial charge on any atom is 0.357 e. The minimum absolute atomic E-state index is 0.0620.